The molecule has 0 radical (unpaired) electrons. The van der Waals surface area contributed by atoms with Crippen LogP contribution < -0.4 is 21.1 Å². The van der Waals surface area contributed by atoms with E-state index in [1.807, 2.05) is 36.4 Å². The van der Waals surface area contributed by atoms with Gasteiger partial charge >= 0.3 is 16.8 Å². The molecular weight excluding hydrogens is 433 g/mol. The van der Waals surface area contributed by atoms with Gasteiger partial charge in [-0.25, -0.2) is 0 Å². The monoisotopic (exact) mass is 453 g/mol. The molecule has 4 rings (SSSR count). The maximum absolute atomic E-state index is 11.1. The van der Waals surface area contributed by atoms with Crippen molar-refractivity contribution in [3.05, 3.63) is 73.1 Å². The zero-order chi connectivity index (χ0) is 21.6. The Kier molecular flexibility index (Phi) is 13.1. The molecule has 0 unspecified atom stereocenters. The molecule has 3 N–H and O–H groups in total. The van der Waals surface area contributed by atoms with Gasteiger partial charge in [-0.2, -0.15) is 0 Å². The average Bonchev–Trinajstić information content (AvgIpc) is 2.77. The quantitative estimate of drug-likeness (QED) is 0.405. The van der Waals surface area contributed by atoms with Crippen LogP contribution in [0.5, 0.6) is 11.5 Å². The normalized spacial score (nSPS) is 8.90. The number of aliphatic hydroxyl groups is 1. The fourth-order valence-electron chi connectivity index (χ4n) is 2.15. The van der Waals surface area contributed by atoms with Crippen molar-refractivity contribution in [2.24, 2.45) is 5.73 Å². The summed E-state index contributed by atoms with van der Waals surface area (Å²) in [6.07, 6.45) is 3.26. The van der Waals surface area contributed by atoms with Crippen LogP contribution in [0.1, 0.15) is 0 Å². The first-order valence-electron chi connectivity index (χ1n) is 8.39. The van der Waals surface area contributed by atoms with E-state index in [1.165, 1.54) is 12.1 Å². The zero-order valence-corrected chi connectivity index (χ0v) is 17.1. The minimum absolute atomic E-state index is 0. The number of pyridine rings is 2. The van der Waals surface area contributed by atoms with Gasteiger partial charge < -0.3 is 31.0 Å². The Hall–Kier alpha value is -3.24. The van der Waals surface area contributed by atoms with Gasteiger partial charge in [-0.3, -0.25) is 9.97 Å². The number of fused-ring (bicyclic) bond motifs is 2. The summed E-state index contributed by atoms with van der Waals surface area (Å²) in [5, 5.41) is 40.2. The molecule has 0 saturated heterocycles. The Bertz CT molecular complexity index is 959. The van der Waals surface area contributed by atoms with Crippen LogP contribution in [0.15, 0.2) is 73.1 Å². The maximum atomic E-state index is 11.1. The molecule has 0 aliphatic heterocycles. The number of hydrogen-bond acceptors (Lipinski definition) is 8. The average molecular weight is 453 g/mol. The van der Waals surface area contributed by atoms with Crippen LogP contribution in [0.3, 0.4) is 0 Å². The molecule has 0 bridgehead atoms. The summed E-state index contributed by atoms with van der Waals surface area (Å²) in [5.74, 6) is -1.24. The topological polar surface area (TPSA) is 158 Å². The summed E-state index contributed by atoms with van der Waals surface area (Å²) in [5.41, 5.74) is 5.61. The number of aliphatic carboxylic acids is 1. The number of carboxylic acid groups (broad SMARTS) is 1. The largest absolute Gasteiger partial charge is 3.00 e. The van der Waals surface area contributed by atoms with E-state index in [4.69, 9.17) is 15.0 Å². The molecular formula is C21H20CoN3O5. The van der Waals surface area contributed by atoms with E-state index < -0.39 is 5.97 Å². The molecule has 0 atom stereocenters. The molecule has 30 heavy (non-hydrogen) atoms. The van der Waals surface area contributed by atoms with Crippen molar-refractivity contribution in [3.63, 3.8) is 0 Å². The van der Waals surface area contributed by atoms with Crippen LogP contribution in [0.4, 0.5) is 0 Å². The van der Waals surface area contributed by atoms with Crippen molar-refractivity contribution >= 4 is 27.8 Å². The van der Waals surface area contributed by atoms with Crippen molar-refractivity contribution in [1.29, 1.82) is 0 Å². The van der Waals surface area contributed by atoms with Gasteiger partial charge in [-0.05, 0) is 22.9 Å². The first-order valence-corrected chi connectivity index (χ1v) is 8.39. The van der Waals surface area contributed by atoms with Gasteiger partial charge in [-0.15, -0.1) is 0 Å². The maximum Gasteiger partial charge on any atom is 3.00 e. The molecule has 0 aliphatic carbocycles. The van der Waals surface area contributed by atoms with E-state index in [1.54, 1.807) is 24.5 Å². The van der Waals surface area contributed by atoms with Gasteiger partial charge in [-0.1, -0.05) is 60.0 Å². The molecule has 4 aromatic rings. The van der Waals surface area contributed by atoms with Crippen molar-refractivity contribution < 1.29 is 42.0 Å². The van der Waals surface area contributed by atoms with Crippen LogP contribution in [0.2, 0.25) is 0 Å². The summed E-state index contributed by atoms with van der Waals surface area (Å²) in [6, 6.07) is 17.7. The number of aromatic nitrogens is 2. The third-order valence-electron chi connectivity index (χ3n) is 3.36. The fourth-order valence-corrected chi connectivity index (χ4v) is 2.15. The molecule has 0 fully saturated rings. The number of aliphatic hydroxyl groups excluding tert-OH is 1. The molecule has 0 saturated carbocycles. The second kappa shape index (κ2) is 14.7. The molecule has 2 aromatic heterocycles. The summed E-state index contributed by atoms with van der Waals surface area (Å²) in [7, 11) is 1.00. The van der Waals surface area contributed by atoms with E-state index in [-0.39, 0.29) is 34.8 Å². The Morgan fingerprint density at radius 1 is 0.833 bits per heavy atom. The van der Waals surface area contributed by atoms with Gasteiger partial charge in [0.25, 0.3) is 0 Å². The molecule has 2 heterocycles. The van der Waals surface area contributed by atoms with Crippen molar-refractivity contribution in [3.8, 4) is 11.5 Å². The predicted molar refractivity (Wildman–Crippen MR) is 105 cm³/mol. The van der Waals surface area contributed by atoms with E-state index >= 15 is 0 Å². The standard InChI is InChI=1S/2C9H7NO.C2H5NO2.CH4O.Co/c2*11-8-5-1-3-7-4-2-6-10-9(7)8;3-1-2(4)5;1-2;/h2*1-6,11H;1,3H2,(H,4,5);2H,1H3;/q;;;;+3/p-3. The molecule has 2 aromatic carbocycles. The predicted octanol–water partition coefficient (Wildman–Crippen LogP) is -0.0822. The molecule has 0 spiro atoms. The smallest absolute Gasteiger partial charge is 0.871 e. The minimum atomic E-state index is -1.22. The number of para-hydroxylation sites is 2. The second-order valence-corrected chi connectivity index (χ2v) is 5.24. The summed E-state index contributed by atoms with van der Waals surface area (Å²) < 4.78 is 0. The van der Waals surface area contributed by atoms with Gasteiger partial charge in [0, 0.05) is 26.0 Å². The van der Waals surface area contributed by atoms with Crippen LogP contribution in [0.25, 0.3) is 21.8 Å². The first-order chi connectivity index (χ1) is 14.0. The molecule has 0 aliphatic rings. The third-order valence-corrected chi connectivity index (χ3v) is 3.36. The number of rotatable bonds is 1. The summed E-state index contributed by atoms with van der Waals surface area (Å²) >= 11 is 0. The first kappa shape index (κ1) is 26.8. The minimum Gasteiger partial charge on any atom is -0.871 e. The number of nitrogens with two attached hydrogens (primary N) is 1. The van der Waals surface area contributed by atoms with Crippen LogP contribution in [-0.2, 0) is 21.6 Å². The number of benzene rings is 2. The van der Waals surface area contributed by atoms with Crippen LogP contribution in [-0.4, -0.2) is 34.7 Å². The Morgan fingerprint density at radius 3 is 1.47 bits per heavy atom. The van der Waals surface area contributed by atoms with Crippen molar-refractivity contribution in [2.45, 2.75) is 0 Å². The number of carboxylic acids is 1. The van der Waals surface area contributed by atoms with Gasteiger partial charge in [0.15, 0.2) is 0 Å². The number of carbonyl (C=O) groups is 1. The van der Waals surface area contributed by atoms with E-state index in [0.29, 0.717) is 11.0 Å². The number of hydrogen-bond donors (Lipinski definition) is 2. The number of carbonyl (C=O) groups excluding carboxylic acids is 1. The van der Waals surface area contributed by atoms with E-state index in [9.17, 15) is 10.2 Å². The second-order valence-electron chi connectivity index (χ2n) is 5.24. The molecule has 8 nitrogen and oxygen atoms in total. The van der Waals surface area contributed by atoms with Crippen LogP contribution >= 0.6 is 0 Å². The summed E-state index contributed by atoms with van der Waals surface area (Å²) in [6.45, 7) is -0.389. The Balaban J connectivity index is 0.000000423. The Morgan fingerprint density at radius 2 is 1.17 bits per heavy atom. The molecule has 158 valence electrons. The van der Waals surface area contributed by atoms with E-state index in [2.05, 4.69) is 15.7 Å². The fraction of sp³-hybridized carbons (Fsp3) is 0.0952. The number of nitrogens with zero attached hydrogens (tertiary/aromatic N) is 2. The summed E-state index contributed by atoms with van der Waals surface area (Å²) in [4.78, 5) is 17.1. The zero-order valence-electron chi connectivity index (χ0n) is 16.0. The van der Waals surface area contributed by atoms with E-state index in [0.717, 1.165) is 17.9 Å². The van der Waals surface area contributed by atoms with Crippen LogP contribution in [0, 0.1) is 0 Å². The molecule has 0 amide bonds. The van der Waals surface area contributed by atoms with Gasteiger partial charge in [0.2, 0.25) is 0 Å². The third kappa shape index (κ3) is 8.41. The Labute approximate surface area is 183 Å². The van der Waals surface area contributed by atoms with Crippen molar-refractivity contribution in [1.82, 2.24) is 9.97 Å². The van der Waals surface area contributed by atoms with Crippen molar-refractivity contribution in [2.75, 3.05) is 13.7 Å². The molecule has 9 heteroatoms. The van der Waals surface area contributed by atoms with Gasteiger partial charge in [0.1, 0.15) is 0 Å². The SMILES string of the molecule is CO.NCC(=O)[O-].[Co+3].[O-]c1cccc2cccnc12.[O-]c1cccc2cccnc12. The van der Waals surface area contributed by atoms with Gasteiger partial charge in [0.05, 0.1) is 17.0 Å².